The molecule has 0 radical (unpaired) electrons. The molecule has 55 heteroatoms. The van der Waals surface area contributed by atoms with Crippen molar-refractivity contribution in [1.82, 2.24) is 74.4 Å². The fraction of sp³-hybridized carbons (Fsp3) is 0.789. The van der Waals surface area contributed by atoms with Gasteiger partial charge in [0, 0.05) is 150 Å². The fourth-order valence-electron chi connectivity index (χ4n) is 16.5. The lowest BCUT2D eigenvalue weighted by molar-refractivity contribution is -0.270. The first kappa shape index (κ1) is 131. The highest BCUT2D eigenvalue weighted by Crippen LogP contribution is 2.37. The number of unbranched alkanes of at least 4 members (excludes halogenated alkanes) is 13. The van der Waals surface area contributed by atoms with Gasteiger partial charge < -0.3 is 197 Å². The molecule has 0 saturated carbocycles. The standard InChI is InChI=1S/C95H163N14O40P/c1-55(114)65(54-145-150(137,138)139-6)109-75(124)32-14-12-10-8-7-9-11-13-29-72(121)98-41-46-140-62-48-60(88(133)99-37-39-101-90(135)63(107-73(122)33-19-25-44-143-94-78(105-58(4)117)86(131)82(127)68(52-112)148-94)27-15-21-35-96-70(119)30-17-23-42-141-92-76(103-56(2)115)84(129)80(125)66(50-110)146-92)47-61(49-62)89(134)100-38-40-102-91(136)64(108-74(123)34-20-26-45-144-95-79(106-59(5)118)87(132)83(128)69(53-113)149-95)28-16-22-36-97-71(120)31-18-24-43-142-93-77(104-57(3)116)85(130)81(126)67(51-111)147-93/h47-49,55,63-69,76-87,92-95,110-114,125-132H,7-46,50-54H2,1-6H3,(H,96,119)(H,97,120)(H,98,121)(H,99,133)(H,100,134)(H,101,135)(H,102,136)(H,103,115)(H,104,116)(H,105,117)(H,106,118)(H,107,122)(H,108,123)(H,109,124)(H,137,138)/p-1/t55-,63+,64+,65-,66?,67?,68?,69?,76?,77?,78?,79?,80?,81?,82?,83?,84?,85?,86?,87?,92?,93?,94?,95?/m1/s1. The number of rotatable bonds is 75. The van der Waals surface area contributed by atoms with Crippen molar-refractivity contribution in [3.8, 4) is 5.75 Å². The van der Waals surface area contributed by atoms with Gasteiger partial charge in [-0.1, -0.05) is 38.5 Å². The first-order chi connectivity index (χ1) is 71.5. The Hall–Kier alpha value is -9.13. The van der Waals surface area contributed by atoms with E-state index in [1.165, 1.54) is 52.8 Å². The van der Waals surface area contributed by atoms with Crippen molar-refractivity contribution in [1.29, 1.82) is 0 Å². The van der Waals surface area contributed by atoms with Crippen LogP contribution >= 0.6 is 7.82 Å². The first-order valence-electron chi connectivity index (χ1n) is 51.4. The van der Waals surface area contributed by atoms with Crippen molar-refractivity contribution >= 4 is 90.5 Å². The smallest absolute Gasteiger partial charge is 0.267 e. The largest absolute Gasteiger partial charge is 0.756 e. The van der Waals surface area contributed by atoms with Crippen LogP contribution in [0.15, 0.2) is 18.2 Å². The molecule has 4 aliphatic rings. The van der Waals surface area contributed by atoms with E-state index in [0.717, 1.165) is 45.6 Å². The molecule has 1 aromatic rings. The van der Waals surface area contributed by atoms with Crippen molar-refractivity contribution < 1.29 is 195 Å². The molecule has 150 heavy (non-hydrogen) atoms. The molecule has 0 aliphatic carbocycles. The minimum Gasteiger partial charge on any atom is -0.756 e. The number of benzene rings is 1. The summed E-state index contributed by atoms with van der Waals surface area (Å²) in [5.41, 5.74) is -0.229. The number of carbonyl (C=O) groups excluding carboxylic acids is 14. The van der Waals surface area contributed by atoms with Crippen molar-refractivity contribution in [3.05, 3.63) is 29.3 Å². The van der Waals surface area contributed by atoms with Crippen molar-refractivity contribution in [2.75, 3.05) is 119 Å². The predicted molar refractivity (Wildman–Crippen MR) is 524 cm³/mol. The van der Waals surface area contributed by atoms with E-state index in [9.17, 15) is 143 Å². The molecule has 0 aromatic heterocycles. The van der Waals surface area contributed by atoms with Gasteiger partial charge >= 0.3 is 0 Å². The molecule has 4 saturated heterocycles. The van der Waals surface area contributed by atoms with Crippen molar-refractivity contribution in [2.45, 2.75) is 361 Å². The molecule has 0 spiro atoms. The third kappa shape index (κ3) is 50.0. The number of carbonyl (C=O) groups is 14. The third-order valence-corrected chi connectivity index (χ3v) is 25.7. The highest BCUT2D eigenvalue weighted by atomic mass is 31.2. The molecule has 5 rings (SSSR count). The van der Waals surface area contributed by atoms with Crippen LogP contribution in [0.4, 0.5) is 0 Å². The minimum atomic E-state index is -4.57. The quantitative estimate of drug-likeness (QED) is 0.0213. The number of aliphatic hydroxyl groups excluding tert-OH is 13. The number of phosphoric ester groups is 1. The van der Waals surface area contributed by atoms with Crippen LogP contribution in [0.5, 0.6) is 5.75 Å². The third-order valence-electron chi connectivity index (χ3n) is 24.8. The second-order valence-corrected chi connectivity index (χ2v) is 38.7. The van der Waals surface area contributed by atoms with E-state index in [0.29, 0.717) is 51.4 Å². The van der Waals surface area contributed by atoms with Crippen LogP contribution in [0.1, 0.15) is 235 Å². The monoisotopic (exact) mass is 2170 g/mol. The second-order valence-electron chi connectivity index (χ2n) is 37.2. The average Bonchev–Trinajstić information content (AvgIpc) is 0.812. The molecule has 27 N–H and O–H groups in total. The molecule has 4 aliphatic heterocycles. The molecular weight excluding hydrogens is 2010 g/mol. The molecule has 858 valence electrons. The molecule has 54 nitrogen and oxygen atoms in total. The summed E-state index contributed by atoms with van der Waals surface area (Å²) in [5, 5.41) is 170. The predicted octanol–water partition coefficient (Wildman–Crippen LogP) is -7.16. The summed E-state index contributed by atoms with van der Waals surface area (Å²) in [7, 11) is -3.65. The van der Waals surface area contributed by atoms with Gasteiger partial charge in [-0.2, -0.15) is 0 Å². The highest BCUT2D eigenvalue weighted by Gasteiger charge is 2.50. The van der Waals surface area contributed by atoms with Gasteiger partial charge in [-0.3, -0.25) is 71.7 Å². The topological polar surface area (TPSA) is 812 Å². The number of aliphatic hydroxyl groups is 13. The van der Waals surface area contributed by atoms with Gasteiger partial charge in [0.15, 0.2) is 25.2 Å². The van der Waals surface area contributed by atoms with E-state index in [4.69, 9.17) is 47.2 Å². The number of amides is 14. The average molecular weight is 2170 g/mol. The Morgan fingerprint density at radius 2 is 0.640 bits per heavy atom. The lowest BCUT2D eigenvalue weighted by Crippen LogP contribution is -2.64. The van der Waals surface area contributed by atoms with E-state index < -0.39 is 247 Å². The van der Waals surface area contributed by atoms with E-state index in [2.05, 4.69) is 79.0 Å². The zero-order valence-corrected chi connectivity index (χ0v) is 87.1. The van der Waals surface area contributed by atoms with Gasteiger partial charge in [0.1, 0.15) is 122 Å². The SMILES string of the molecule is COP(=O)([O-])OC[C@@H](NC(=O)CCCCCCCCCCC(=O)NCCOc1cc(C(=O)NCCNC(=O)[C@H](CCCCNC(=O)CCCCOC2OC(CO)C(O)C(O)C2NC(C)=O)NC(=O)CCCCOC2OC(CO)C(O)C(O)C2NC(C)=O)cc(C(=O)NCCNC(=O)[C@H](CCCCNC(=O)CCCCOC2OC(CO)C(O)C(O)C2NC(C)=O)NC(=O)CCCCOC2OC(CO)C(O)C(O)C2NC(C)=O)c1)[C@@H](C)O. The molecule has 1 aromatic carbocycles. The Balaban J connectivity index is 1.24. The van der Waals surface area contributed by atoms with Gasteiger partial charge in [-0.05, 0) is 128 Å². The molecular formula is C95H162N14O40P-. The normalized spacial score (nSPS) is 24.8. The summed E-state index contributed by atoms with van der Waals surface area (Å²) in [6.45, 7) is 2.12. The fourth-order valence-corrected chi connectivity index (χ4v) is 16.9. The summed E-state index contributed by atoms with van der Waals surface area (Å²) in [6.07, 6.45) is -13.7. The summed E-state index contributed by atoms with van der Waals surface area (Å²) in [6, 6.07) is -4.14. The van der Waals surface area contributed by atoms with Crippen LogP contribution in [0, 0.1) is 0 Å². The van der Waals surface area contributed by atoms with Gasteiger partial charge in [0.25, 0.3) is 19.6 Å². The number of hydrogen-bond donors (Lipinski definition) is 27. The van der Waals surface area contributed by atoms with Crippen LogP contribution < -0.4 is 84.1 Å². The number of hydrogen-bond acceptors (Lipinski definition) is 40. The van der Waals surface area contributed by atoms with Crippen molar-refractivity contribution in [2.24, 2.45) is 0 Å². The summed E-state index contributed by atoms with van der Waals surface area (Å²) in [5.74, 6) is -7.47. The van der Waals surface area contributed by atoms with E-state index >= 15 is 0 Å². The molecule has 21 unspecified atom stereocenters. The molecule has 4 fully saturated rings. The maximum atomic E-state index is 14.2. The summed E-state index contributed by atoms with van der Waals surface area (Å²) < 4.78 is 72.1. The lowest BCUT2D eigenvalue weighted by Gasteiger charge is -2.42. The van der Waals surface area contributed by atoms with Gasteiger partial charge in [-0.25, -0.2) is 0 Å². The minimum absolute atomic E-state index is 0.000571. The maximum absolute atomic E-state index is 14.2. The van der Waals surface area contributed by atoms with E-state index in [1.54, 1.807) is 0 Å². The molecule has 14 amide bonds. The zero-order chi connectivity index (χ0) is 111. The number of phosphoric acid groups is 1. The summed E-state index contributed by atoms with van der Waals surface area (Å²) in [4.78, 5) is 195. The van der Waals surface area contributed by atoms with Crippen LogP contribution in [0.25, 0.3) is 0 Å². The van der Waals surface area contributed by atoms with Gasteiger partial charge in [0.05, 0.1) is 51.7 Å². The van der Waals surface area contributed by atoms with E-state index in [1.807, 2.05) is 0 Å². The second kappa shape index (κ2) is 72.5. The number of ether oxygens (including phenoxy) is 9. The lowest BCUT2D eigenvalue weighted by atomic mass is 9.97. The highest BCUT2D eigenvalue weighted by molar-refractivity contribution is 7.45. The molecule has 4 heterocycles. The summed E-state index contributed by atoms with van der Waals surface area (Å²) >= 11 is 0. The Labute approximate surface area is 871 Å². The van der Waals surface area contributed by atoms with Crippen LogP contribution in [0.2, 0.25) is 0 Å². The Bertz CT molecular complexity index is 4090. The Morgan fingerprint density at radius 1 is 0.353 bits per heavy atom. The van der Waals surface area contributed by atoms with Gasteiger partial charge in [-0.15, -0.1) is 0 Å². The molecule has 25 atom stereocenters. The first-order valence-corrected chi connectivity index (χ1v) is 52.8. The number of nitrogens with one attached hydrogen (secondary N) is 14. The van der Waals surface area contributed by atoms with Crippen LogP contribution in [-0.4, -0.2) is 415 Å². The maximum Gasteiger partial charge on any atom is 0.267 e. The Morgan fingerprint density at radius 3 is 0.940 bits per heavy atom. The zero-order valence-electron chi connectivity index (χ0n) is 86.2. The van der Waals surface area contributed by atoms with Gasteiger partial charge in [0.2, 0.25) is 70.9 Å². The Kier molecular flexibility index (Phi) is 63.5. The van der Waals surface area contributed by atoms with Crippen molar-refractivity contribution in [3.63, 3.8) is 0 Å². The van der Waals surface area contributed by atoms with Crippen LogP contribution in [0.3, 0.4) is 0 Å². The van der Waals surface area contributed by atoms with E-state index in [-0.39, 0.29) is 209 Å². The van der Waals surface area contributed by atoms with Crippen LogP contribution in [-0.2, 0) is 109 Å². The molecule has 0 bridgehead atoms.